The molecule has 0 saturated carbocycles. The normalized spacial score (nSPS) is 10.9. The van der Waals surface area contributed by atoms with Crippen LogP contribution in [0.4, 0.5) is 0 Å². The average molecular weight is 307 g/mol. The Morgan fingerprint density at radius 3 is 2.86 bits per heavy atom. The molecule has 112 valence electrons. The van der Waals surface area contributed by atoms with Crippen LogP contribution in [0.15, 0.2) is 36.5 Å². The van der Waals surface area contributed by atoms with E-state index in [0.29, 0.717) is 17.3 Å². The maximum atomic E-state index is 12.0. The second-order valence-electron chi connectivity index (χ2n) is 4.75. The number of rotatable bonds is 6. The van der Waals surface area contributed by atoms with Gasteiger partial charge < -0.3 is 10.2 Å². The molecule has 1 amide bonds. The zero-order valence-electron chi connectivity index (χ0n) is 12.2. The number of hydrogen-bond acceptors (Lipinski definition) is 3. The Kier molecular flexibility index (Phi) is 5.36. The van der Waals surface area contributed by atoms with Gasteiger partial charge in [0.25, 0.3) is 5.91 Å². The molecular weight excluding hydrogens is 288 g/mol. The van der Waals surface area contributed by atoms with Crippen molar-refractivity contribution in [3.8, 4) is 5.69 Å². The lowest BCUT2D eigenvalue weighted by molar-refractivity contribution is 0.0944. The Labute approximate surface area is 129 Å². The molecule has 0 spiro atoms. The van der Waals surface area contributed by atoms with Gasteiger partial charge in [-0.3, -0.25) is 4.79 Å². The zero-order valence-corrected chi connectivity index (χ0v) is 13.0. The van der Waals surface area contributed by atoms with Crippen LogP contribution in [0.2, 0.25) is 5.02 Å². The second-order valence-corrected chi connectivity index (χ2v) is 5.16. The van der Waals surface area contributed by atoms with Crippen LogP contribution in [0, 0.1) is 0 Å². The lowest BCUT2D eigenvalue weighted by atomic mass is 10.3. The molecule has 0 fully saturated rings. The van der Waals surface area contributed by atoms with Crippen LogP contribution in [0.3, 0.4) is 0 Å². The number of carbonyl (C=O) groups is 1. The van der Waals surface area contributed by atoms with Crippen LogP contribution in [0.1, 0.15) is 17.4 Å². The Morgan fingerprint density at radius 1 is 1.38 bits per heavy atom. The van der Waals surface area contributed by atoms with Gasteiger partial charge in [-0.1, -0.05) is 30.7 Å². The van der Waals surface area contributed by atoms with Crippen molar-refractivity contribution in [3.05, 3.63) is 47.2 Å². The molecule has 0 radical (unpaired) electrons. The molecule has 6 heteroatoms. The molecule has 21 heavy (non-hydrogen) atoms. The number of para-hydroxylation sites is 1. The molecule has 0 aliphatic heterocycles. The van der Waals surface area contributed by atoms with Crippen LogP contribution in [-0.4, -0.2) is 47.3 Å². The van der Waals surface area contributed by atoms with Crippen molar-refractivity contribution >= 4 is 17.5 Å². The minimum absolute atomic E-state index is 0.176. The predicted molar refractivity (Wildman–Crippen MR) is 84.1 cm³/mol. The first-order chi connectivity index (χ1) is 10.1. The summed E-state index contributed by atoms with van der Waals surface area (Å²) in [5.41, 5.74) is 1.14. The molecule has 0 unspecified atom stereocenters. The number of carbonyl (C=O) groups excluding carboxylic acids is 1. The molecule has 0 bridgehead atoms. The van der Waals surface area contributed by atoms with Gasteiger partial charge in [0.2, 0.25) is 0 Å². The van der Waals surface area contributed by atoms with E-state index in [-0.39, 0.29) is 5.91 Å². The average Bonchev–Trinajstić information content (AvgIpc) is 2.97. The molecule has 2 rings (SSSR count). The molecule has 0 atom stereocenters. The lowest BCUT2D eigenvalue weighted by Crippen LogP contribution is -2.33. The highest BCUT2D eigenvalue weighted by Crippen LogP contribution is 2.18. The van der Waals surface area contributed by atoms with E-state index in [1.165, 1.54) is 0 Å². The first kappa shape index (κ1) is 15.5. The van der Waals surface area contributed by atoms with Crippen LogP contribution in [0.25, 0.3) is 5.69 Å². The monoisotopic (exact) mass is 306 g/mol. The standard InChI is InChI=1S/C15H19ClN4O/c1-3-19(2)11-9-17-15(21)13-8-10-20(18-13)14-7-5-4-6-12(14)16/h4-8,10H,3,9,11H2,1-2H3,(H,17,21). The number of hydrogen-bond donors (Lipinski definition) is 1. The van der Waals surface area contributed by atoms with E-state index >= 15 is 0 Å². The van der Waals surface area contributed by atoms with Crippen LogP contribution in [0.5, 0.6) is 0 Å². The Morgan fingerprint density at radius 2 is 2.14 bits per heavy atom. The summed E-state index contributed by atoms with van der Waals surface area (Å²) in [6, 6.07) is 9.06. The van der Waals surface area contributed by atoms with Gasteiger partial charge >= 0.3 is 0 Å². The summed E-state index contributed by atoms with van der Waals surface area (Å²) in [7, 11) is 2.01. The van der Waals surface area contributed by atoms with Crippen molar-refractivity contribution in [3.63, 3.8) is 0 Å². The van der Waals surface area contributed by atoms with Crippen molar-refractivity contribution in [2.24, 2.45) is 0 Å². The summed E-state index contributed by atoms with van der Waals surface area (Å²) in [5, 5.41) is 7.71. The molecule has 0 saturated heterocycles. The van der Waals surface area contributed by atoms with E-state index in [0.717, 1.165) is 18.8 Å². The molecule has 2 aromatic rings. The number of nitrogens with zero attached hydrogens (tertiary/aromatic N) is 3. The largest absolute Gasteiger partial charge is 0.349 e. The molecule has 1 N–H and O–H groups in total. The smallest absolute Gasteiger partial charge is 0.271 e. The fourth-order valence-corrected chi connectivity index (χ4v) is 2.05. The minimum atomic E-state index is -0.176. The fourth-order valence-electron chi connectivity index (χ4n) is 1.83. The van der Waals surface area contributed by atoms with Crippen molar-refractivity contribution in [1.29, 1.82) is 0 Å². The number of likely N-dealkylation sites (N-methyl/N-ethyl adjacent to an activating group) is 1. The third-order valence-electron chi connectivity index (χ3n) is 3.24. The fraction of sp³-hybridized carbons (Fsp3) is 0.333. The van der Waals surface area contributed by atoms with E-state index in [9.17, 15) is 4.79 Å². The first-order valence-corrected chi connectivity index (χ1v) is 7.27. The molecule has 5 nitrogen and oxygen atoms in total. The summed E-state index contributed by atoms with van der Waals surface area (Å²) >= 11 is 6.12. The van der Waals surface area contributed by atoms with Crippen LogP contribution >= 0.6 is 11.6 Å². The lowest BCUT2D eigenvalue weighted by Gasteiger charge is -2.13. The van der Waals surface area contributed by atoms with Gasteiger partial charge in [-0.25, -0.2) is 4.68 Å². The van der Waals surface area contributed by atoms with Gasteiger partial charge in [-0.15, -0.1) is 0 Å². The summed E-state index contributed by atoms with van der Waals surface area (Å²) in [5.74, 6) is -0.176. The summed E-state index contributed by atoms with van der Waals surface area (Å²) in [4.78, 5) is 14.1. The summed E-state index contributed by atoms with van der Waals surface area (Å²) in [6.45, 7) is 4.44. The predicted octanol–water partition coefficient (Wildman–Crippen LogP) is 2.21. The number of benzene rings is 1. The van der Waals surface area contributed by atoms with Gasteiger partial charge in [-0.2, -0.15) is 5.10 Å². The van der Waals surface area contributed by atoms with Crippen molar-refractivity contribution in [1.82, 2.24) is 20.0 Å². The maximum Gasteiger partial charge on any atom is 0.271 e. The summed E-state index contributed by atoms with van der Waals surface area (Å²) < 4.78 is 1.61. The highest BCUT2D eigenvalue weighted by atomic mass is 35.5. The number of amides is 1. The van der Waals surface area contributed by atoms with Gasteiger partial charge in [0, 0.05) is 19.3 Å². The Hall–Kier alpha value is -1.85. The highest BCUT2D eigenvalue weighted by Gasteiger charge is 2.11. The maximum absolute atomic E-state index is 12.0. The Bertz CT molecular complexity index is 611. The second kappa shape index (κ2) is 7.24. The van der Waals surface area contributed by atoms with E-state index in [1.807, 2.05) is 25.2 Å². The van der Waals surface area contributed by atoms with Crippen molar-refractivity contribution < 1.29 is 4.79 Å². The molecule has 1 heterocycles. The van der Waals surface area contributed by atoms with Crippen LogP contribution < -0.4 is 5.32 Å². The SMILES string of the molecule is CCN(C)CCNC(=O)c1ccn(-c2ccccc2Cl)n1. The third kappa shape index (κ3) is 4.06. The van der Waals surface area contributed by atoms with E-state index < -0.39 is 0 Å². The minimum Gasteiger partial charge on any atom is -0.349 e. The van der Waals surface area contributed by atoms with Gasteiger partial charge in [-0.05, 0) is 31.8 Å². The number of nitrogens with one attached hydrogen (secondary N) is 1. The number of aromatic nitrogens is 2. The molecule has 0 aliphatic rings. The van der Waals surface area contributed by atoms with E-state index in [1.54, 1.807) is 23.0 Å². The van der Waals surface area contributed by atoms with Gasteiger partial charge in [0.15, 0.2) is 5.69 Å². The summed E-state index contributed by atoms with van der Waals surface area (Å²) in [6.07, 6.45) is 1.73. The third-order valence-corrected chi connectivity index (χ3v) is 3.56. The van der Waals surface area contributed by atoms with Crippen molar-refractivity contribution in [2.75, 3.05) is 26.7 Å². The van der Waals surface area contributed by atoms with Crippen molar-refractivity contribution in [2.45, 2.75) is 6.92 Å². The molecule has 1 aromatic carbocycles. The number of halogens is 1. The van der Waals surface area contributed by atoms with Crippen LogP contribution in [-0.2, 0) is 0 Å². The van der Waals surface area contributed by atoms with Gasteiger partial charge in [0.1, 0.15) is 0 Å². The van der Waals surface area contributed by atoms with E-state index in [2.05, 4.69) is 22.2 Å². The Balaban J connectivity index is 2.00. The molecule has 1 aromatic heterocycles. The molecular formula is C15H19ClN4O. The van der Waals surface area contributed by atoms with Gasteiger partial charge in [0.05, 0.1) is 10.7 Å². The molecule has 0 aliphatic carbocycles. The zero-order chi connectivity index (χ0) is 15.2. The van der Waals surface area contributed by atoms with E-state index in [4.69, 9.17) is 11.6 Å². The first-order valence-electron chi connectivity index (χ1n) is 6.89. The quantitative estimate of drug-likeness (QED) is 0.890. The highest BCUT2D eigenvalue weighted by molar-refractivity contribution is 6.32. The topological polar surface area (TPSA) is 50.2 Å².